The van der Waals surface area contributed by atoms with Crippen molar-refractivity contribution in [3.63, 3.8) is 0 Å². The summed E-state index contributed by atoms with van der Waals surface area (Å²) in [5, 5.41) is 7.47. The molecule has 0 fully saturated rings. The molecule has 0 saturated carbocycles. The van der Waals surface area contributed by atoms with Crippen molar-refractivity contribution in [2.45, 2.75) is 19.4 Å². The molecule has 8 nitrogen and oxygen atoms in total. The third-order valence-electron chi connectivity index (χ3n) is 4.52. The van der Waals surface area contributed by atoms with Crippen molar-refractivity contribution < 1.29 is 23.8 Å². The Morgan fingerprint density at radius 3 is 2.73 bits per heavy atom. The Morgan fingerprint density at radius 1 is 1.23 bits per heavy atom. The number of amides is 1. The Morgan fingerprint density at radius 2 is 2.03 bits per heavy atom. The van der Waals surface area contributed by atoms with Gasteiger partial charge in [-0.3, -0.25) is 4.79 Å². The molecule has 0 saturated heterocycles. The van der Waals surface area contributed by atoms with Crippen LogP contribution in [0.25, 0.3) is 0 Å². The molecule has 1 N–H and O–H groups in total. The third kappa shape index (κ3) is 5.12. The van der Waals surface area contributed by atoms with Crippen molar-refractivity contribution in [1.82, 2.24) is 10.2 Å². The number of carbonyl (C=O) groups excluding carboxylic acids is 2. The monoisotopic (exact) mass is 451 g/mol. The molecule has 0 bridgehead atoms. The molecule has 1 aromatic heterocycles. The lowest BCUT2D eigenvalue weighted by molar-refractivity contribution is -0.141. The zero-order valence-corrected chi connectivity index (χ0v) is 18.8. The number of thiophene rings is 1. The van der Waals surface area contributed by atoms with Crippen LogP contribution in [0.15, 0.2) is 44.9 Å². The maximum Gasteiger partial charge on any atom is 0.338 e. The van der Waals surface area contributed by atoms with Crippen LogP contribution in [0.2, 0.25) is 0 Å². The van der Waals surface area contributed by atoms with Crippen LogP contribution in [-0.2, 0) is 23.8 Å². The highest BCUT2D eigenvalue weighted by Gasteiger charge is 2.41. The van der Waals surface area contributed by atoms with E-state index < -0.39 is 5.97 Å². The first-order valence-corrected chi connectivity index (χ1v) is 11.2. The van der Waals surface area contributed by atoms with Gasteiger partial charge in [-0.05, 0) is 23.8 Å². The van der Waals surface area contributed by atoms with Crippen molar-refractivity contribution in [1.29, 1.82) is 0 Å². The maximum atomic E-state index is 12.9. The quantitative estimate of drug-likeness (QED) is 0.432. The first kappa shape index (κ1) is 22.5. The summed E-state index contributed by atoms with van der Waals surface area (Å²) in [5.74, 6) is -0.535. The van der Waals surface area contributed by atoms with Gasteiger partial charge in [-0.25, -0.2) is 9.79 Å². The van der Waals surface area contributed by atoms with Gasteiger partial charge >= 0.3 is 5.97 Å². The lowest BCUT2D eigenvalue weighted by atomic mass is 9.99. The zero-order chi connectivity index (χ0) is 21.5. The standard InChI is InChI=1S/C20H25N3O5S2/c1-13-17(19(25)28-9-8-27-3)18(15-5-4-10-29-15)23-14(12-30-20(23)22-13)11-16(24)21-6-7-26-2/h4-5,10,12,18H,6-9,11H2,1-3H3,(H,21,24). The van der Waals surface area contributed by atoms with Gasteiger partial charge < -0.3 is 24.4 Å². The second-order valence-corrected chi connectivity index (χ2v) is 8.37. The number of fused-ring (bicyclic) bond motifs is 1. The van der Waals surface area contributed by atoms with Gasteiger partial charge in [0.05, 0.1) is 30.9 Å². The number of esters is 1. The van der Waals surface area contributed by atoms with Gasteiger partial charge in [-0.2, -0.15) is 0 Å². The second kappa shape index (κ2) is 10.8. The summed E-state index contributed by atoms with van der Waals surface area (Å²) in [4.78, 5) is 32.9. The number of methoxy groups -OCH3 is 2. The van der Waals surface area contributed by atoms with Crippen LogP contribution in [0.5, 0.6) is 0 Å². The van der Waals surface area contributed by atoms with Crippen molar-refractivity contribution >= 4 is 40.1 Å². The van der Waals surface area contributed by atoms with Crippen LogP contribution in [0.3, 0.4) is 0 Å². The molecule has 162 valence electrons. The van der Waals surface area contributed by atoms with E-state index in [1.807, 2.05) is 34.7 Å². The van der Waals surface area contributed by atoms with Crippen LogP contribution < -0.4 is 5.32 Å². The molecule has 2 aliphatic rings. The van der Waals surface area contributed by atoms with E-state index in [1.165, 1.54) is 11.8 Å². The number of aliphatic imine (C=N–C) groups is 1. The molecular weight excluding hydrogens is 426 g/mol. The lowest BCUT2D eigenvalue weighted by Crippen LogP contribution is -2.38. The molecule has 1 unspecified atom stereocenters. The highest BCUT2D eigenvalue weighted by atomic mass is 32.2. The molecule has 0 radical (unpaired) electrons. The number of hydrogen-bond donors (Lipinski definition) is 1. The summed E-state index contributed by atoms with van der Waals surface area (Å²) < 4.78 is 15.4. The summed E-state index contributed by atoms with van der Waals surface area (Å²) in [6.45, 7) is 3.20. The number of nitrogens with one attached hydrogen (secondary N) is 1. The van der Waals surface area contributed by atoms with E-state index in [2.05, 4.69) is 10.3 Å². The second-order valence-electron chi connectivity index (χ2n) is 6.56. The molecule has 30 heavy (non-hydrogen) atoms. The van der Waals surface area contributed by atoms with E-state index in [4.69, 9.17) is 14.2 Å². The Bertz CT molecular complexity index is 864. The normalized spacial score (nSPS) is 18.1. The Hall–Kier alpha value is -2.14. The number of ether oxygens (including phenoxy) is 3. The number of rotatable bonds is 10. The molecule has 2 aliphatic heterocycles. The van der Waals surface area contributed by atoms with Gasteiger partial charge in [-0.15, -0.1) is 11.3 Å². The zero-order valence-electron chi connectivity index (χ0n) is 17.2. The number of hydrogen-bond acceptors (Lipinski definition) is 9. The van der Waals surface area contributed by atoms with Crippen molar-refractivity contribution in [2.75, 3.05) is 40.6 Å². The van der Waals surface area contributed by atoms with Gasteiger partial charge in [0.1, 0.15) is 12.6 Å². The van der Waals surface area contributed by atoms with E-state index in [9.17, 15) is 9.59 Å². The molecule has 0 aromatic carbocycles. The maximum absolute atomic E-state index is 12.9. The van der Waals surface area contributed by atoms with Gasteiger partial charge in [0, 0.05) is 31.3 Å². The summed E-state index contributed by atoms with van der Waals surface area (Å²) in [7, 11) is 3.15. The SMILES string of the molecule is COCCNC(=O)CC1=CSC2=NC(C)=C(C(=O)OCCOC)C(c3cccs3)N12. The van der Waals surface area contributed by atoms with Crippen LogP contribution in [0, 0.1) is 0 Å². The predicted octanol–water partition coefficient (Wildman–Crippen LogP) is 2.67. The Labute approximate surface area is 184 Å². The van der Waals surface area contributed by atoms with Gasteiger partial charge in [0.15, 0.2) is 5.17 Å². The number of carbonyl (C=O) groups is 2. The van der Waals surface area contributed by atoms with Crippen molar-refractivity contribution in [3.8, 4) is 0 Å². The molecule has 0 aliphatic carbocycles. The summed E-state index contributed by atoms with van der Waals surface area (Å²) in [6, 6.07) is 3.53. The number of thioether (sulfide) groups is 1. The average molecular weight is 452 g/mol. The molecule has 3 rings (SSSR count). The molecule has 1 aromatic rings. The fourth-order valence-electron chi connectivity index (χ4n) is 3.16. The largest absolute Gasteiger partial charge is 0.460 e. The van der Waals surface area contributed by atoms with Gasteiger partial charge in [0.2, 0.25) is 5.91 Å². The molecule has 1 atom stereocenters. The Balaban J connectivity index is 1.86. The first-order valence-electron chi connectivity index (χ1n) is 9.46. The summed E-state index contributed by atoms with van der Waals surface area (Å²) >= 11 is 3.00. The van der Waals surface area contributed by atoms with Crippen LogP contribution in [0.4, 0.5) is 0 Å². The van der Waals surface area contributed by atoms with Crippen LogP contribution >= 0.6 is 23.1 Å². The first-order chi connectivity index (χ1) is 14.6. The third-order valence-corrected chi connectivity index (χ3v) is 6.34. The lowest BCUT2D eigenvalue weighted by Gasteiger charge is -2.35. The molecule has 3 heterocycles. The van der Waals surface area contributed by atoms with E-state index in [0.29, 0.717) is 31.0 Å². The summed E-state index contributed by atoms with van der Waals surface area (Å²) in [5.41, 5.74) is 1.89. The van der Waals surface area contributed by atoms with Crippen molar-refractivity contribution in [2.24, 2.45) is 4.99 Å². The smallest absolute Gasteiger partial charge is 0.338 e. The van der Waals surface area contributed by atoms with E-state index in [0.717, 1.165) is 15.7 Å². The minimum absolute atomic E-state index is 0.111. The average Bonchev–Trinajstić information content (AvgIpc) is 3.38. The minimum Gasteiger partial charge on any atom is -0.460 e. The molecular formula is C20H25N3O5S2. The van der Waals surface area contributed by atoms with E-state index >= 15 is 0 Å². The highest BCUT2D eigenvalue weighted by Crippen LogP contribution is 2.45. The Kier molecular flexibility index (Phi) is 8.08. The van der Waals surface area contributed by atoms with Gasteiger partial charge in [0.25, 0.3) is 0 Å². The summed E-state index contributed by atoms with van der Waals surface area (Å²) in [6.07, 6.45) is 0.183. The number of allylic oxidation sites excluding steroid dienone is 1. The van der Waals surface area contributed by atoms with Crippen LogP contribution in [0.1, 0.15) is 24.3 Å². The minimum atomic E-state index is -0.424. The molecule has 1 amide bonds. The number of nitrogens with zero attached hydrogens (tertiary/aromatic N) is 2. The number of amidine groups is 1. The fraction of sp³-hybridized carbons (Fsp3) is 0.450. The van der Waals surface area contributed by atoms with Crippen LogP contribution in [-0.4, -0.2) is 62.5 Å². The van der Waals surface area contributed by atoms with E-state index in [-0.39, 0.29) is 25.0 Å². The predicted molar refractivity (Wildman–Crippen MR) is 117 cm³/mol. The highest BCUT2D eigenvalue weighted by molar-refractivity contribution is 8.16. The van der Waals surface area contributed by atoms with Gasteiger partial charge in [-0.1, -0.05) is 17.8 Å². The van der Waals surface area contributed by atoms with E-state index in [1.54, 1.807) is 25.6 Å². The van der Waals surface area contributed by atoms with Crippen molar-refractivity contribution in [3.05, 3.63) is 44.8 Å². The topological polar surface area (TPSA) is 89.5 Å². The fourth-order valence-corrected chi connectivity index (χ4v) is 4.95. The molecule has 0 spiro atoms. The molecule has 10 heteroatoms.